The highest BCUT2D eigenvalue weighted by molar-refractivity contribution is 7.89. The van der Waals surface area contributed by atoms with Gasteiger partial charge in [0.1, 0.15) is 0 Å². The minimum Gasteiger partial charge on any atom is -0.454 e. The molecule has 0 aliphatic carbocycles. The third kappa shape index (κ3) is 3.69. The third-order valence-corrected chi connectivity index (χ3v) is 5.25. The molecule has 6 nitrogen and oxygen atoms in total. The molecule has 7 heteroatoms. The fourth-order valence-corrected chi connectivity index (χ4v) is 3.63. The van der Waals surface area contributed by atoms with Crippen molar-refractivity contribution in [2.24, 2.45) is 0 Å². The lowest BCUT2D eigenvalue weighted by atomic mass is 10.1. The lowest BCUT2D eigenvalue weighted by Gasteiger charge is -2.13. The summed E-state index contributed by atoms with van der Waals surface area (Å²) in [6.45, 7) is 2.14. The number of aryl methyl sites for hydroxylation is 1. The summed E-state index contributed by atoms with van der Waals surface area (Å²) in [6, 6.07) is 11.9. The van der Waals surface area contributed by atoms with Crippen molar-refractivity contribution in [2.75, 3.05) is 13.3 Å². The summed E-state index contributed by atoms with van der Waals surface area (Å²) >= 11 is 0. The van der Waals surface area contributed by atoms with Gasteiger partial charge in [-0.15, -0.1) is 0 Å². The summed E-state index contributed by atoms with van der Waals surface area (Å²) in [6.07, 6.45) is -0.537. The van der Waals surface area contributed by atoms with Crippen LogP contribution in [0, 0.1) is 6.92 Å². The molecule has 0 aromatic heterocycles. The number of fused-ring (bicyclic) bond motifs is 1. The molecule has 24 heavy (non-hydrogen) atoms. The molecule has 0 spiro atoms. The van der Waals surface area contributed by atoms with Gasteiger partial charge in [0.2, 0.25) is 16.8 Å². The van der Waals surface area contributed by atoms with E-state index in [1.807, 2.05) is 13.0 Å². The fourth-order valence-electron chi connectivity index (χ4n) is 2.48. The quantitative estimate of drug-likeness (QED) is 0.834. The number of hydrogen-bond donors (Lipinski definition) is 2. The van der Waals surface area contributed by atoms with Crippen LogP contribution in [0.2, 0.25) is 0 Å². The van der Waals surface area contributed by atoms with Crippen molar-refractivity contribution in [3.8, 4) is 11.5 Å². The Kier molecular flexibility index (Phi) is 4.75. The molecular formula is C17H19NO5S. The summed E-state index contributed by atoms with van der Waals surface area (Å²) < 4.78 is 37.5. The first-order valence-corrected chi connectivity index (χ1v) is 9.08. The molecule has 0 saturated heterocycles. The van der Waals surface area contributed by atoms with Gasteiger partial charge >= 0.3 is 0 Å². The van der Waals surface area contributed by atoms with Crippen molar-refractivity contribution in [1.29, 1.82) is 0 Å². The van der Waals surface area contributed by atoms with Crippen molar-refractivity contribution in [1.82, 2.24) is 4.72 Å². The number of rotatable bonds is 6. The summed E-state index contributed by atoms with van der Waals surface area (Å²) in [5.74, 6) is 1.23. The molecule has 1 atom stereocenters. The van der Waals surface area contributed by atoms with Crippen LogP contribution in [0.1, 0.15) is 23.7 Å². The zero-order valence-electron chi connectivity index (χ0n) is 13.2. The fraction of sp³-hybridized carbons (Fsp3) is 0.294. The Balaban J connectivity index is 1.59. The Labute approximate surface area is 141 Å². The highest BCUT2D eigenvalue weighted by Gasteiger charge is 2.18. The molecule has 2 N–H and O–H groups in total. The van der Waals surface area contributed by atoms with E-state index in [9.17, 15) is 13.5 Å². The van der Waals surface area contributed by atoms with Crippen LogP contribution in [0.15, 0.2) is 47.4 Å². The van der Waals surface area contributed by atoms with Gasteiger partial charge in [-0.1, -0.05) is 18.2 Å². The predicted molar refractivity (Wildman–Crippen MR) is 88.5 cm³/mol. The molecular weight excluding hydrogens is 330 g/mol. The van der Waals surface area contributed by atoms with Crippen molar-refractivity contribution >= 4 is 10.0 Å². The van der Waals surface area contributed by atoms with Gasteiger partial charge in [0, 0.05) is 6.54 Å². The van der Waals surface area contributed by atoms with E-state index in [0.29, 0.717) is 17.1 Å². The standard InChI is InChI=1S/C17H19NO5S/c1-12-3-2-4-14(9-12)24(20,21)18-8-7-15(19)13-5-6-16-17(10-13)23-11-22-16/h2-6,9-10,15,18-19H,7-8,11H2,1H3/t15-/m1/s1. The monoisotopic (exact) mass is 349 g/mol. The van der Waals surface area contributed by atoms with Gasteiger partial charge in [0.05, 0.1) is 11.0 Å². The molecule has 0 radical (unpaired) electrons. The number of benzene rings is 2. The molecule has 2 aromatic carbocycles. The van der Waals surface area contributed by atoms with Crippen LogP contribution in [-0.4, -0.2) is 26.9 Å². The number of aliphatic hydroxyl groups is 1. The molecule has 1 aliphatic heterocycles. The predicted octanol–water partition coefficient (Wildman–Crippen LogP) is 2.13. The first-order chi connectivity index (χ1) is 11.5. The summed E-state index contributed by atoms with van der Waals surface area (Å²) in [5, 5.41) is 10.2. The number of aliphatic hydroxyl groups excluding tert-OH is 1. The van der Waals surface area contributed by atoms with Gasteiger partial charge in [-0.2, -0.15) is 0 Å². The van der Waals surface area contributed by atoms with E-state index in [1.165, 1.54) is 0 Å². The Morgan fingerprint density at radius 2 is 1.96 bits per heavy atom. The van der Waals surface area contributed by atoms with Crippen molar-refractivity contribution in [3.63, 3.8) is 0 Å². The number of hydrogen-bond acceptors (Lipinski definition) is 5. The van der Waals surface area contributed by atoms with Gasteiger partial charge in [-0.25, -0.2) is 13.1 Å². The van der Waals surface area contributed by atoms with Gasteiger partial charge in [-0.3, -0.25) is 0 Å². The third-order valence-electron chi connectivity index (χ3n) is 3.79. The van der Waals surface area contributed by atoms with Crippen LogP contribution >= 0.6 is 0 Å². The molecule has 128 valence electrons. The number of nitrogens with one attached hydrogen (secondary N) is 1. The Morgan fingerprint density at radius 3 is 2.75 bits per heavy atom. The molecule has 3 rings (SSSR count). The van der Waals surface area contributed by atoms with Crippen molar-refractivity contribution in [3.05, 3.63) is 53.6 Å². The molecule has 1 aliphatic rings. The van der Waals surface area contributed by atoms with Crippen LogP contribution in [-0.2, 0) is 10.0 Å². The zero-order chi connectivity index (χ0) is 17.2. The van der Waals surface area contributed by atoms with Crippen LogP contribution in [0.25, 0.3) is 0 Å². The maximum Gasteiger partial charge on any atom is 0.240 e. The molecule has 0 bridgehead atoms. The largest absolute Gasteiger partial charge is 0.454 e. The van der Waals surface area contributed by atoms with E-state index in [2.05, 4.69) is 4.72 Å². The molecule has 2 aromatic rings. The van der Waals surface area contributed by atoms with E-state index in [-0.39, 0.29) is 24.7 Å². The molecule has 0 unspecified atom stereocenters. The van der Waals surface area contributed by atoms with Crippen molar-refractivity contribution < 1.29 is 23.0 Å². The zero-order valence-corrected chi connectivity index (χ0v) is 14.0. The summed E-state index contributed by atoms with van der Waals surface area (Å²) in [4.78, 5) is 0.222. The number of sulfonamides is 1. The van der Waals surface area contributed by atoms with Gasteiger partial charge < -0.3 is 14.6 Å². The van der Waals surface area contributed by atoms with Crippen molar-refractivity contribution in [2.45, 2.75) is 24.3 Å². The van der Waals surface area contributed by atoms with Crippen LogP contribution in [0.5, 0.6) is 11.5 Å². The summed E-state index contributed by atoms with van der Waals surface area (Å²) in [5.41, 5.74) is 1.53. The molecule has 1 heterocycles. The van der Waals surface area contributed by atoms with E-state index in [4.69, 9.17) is 9.47 Å². The number of ether oxygens (including phenoxy) is 2. The lowest BCUT2D eigenvalue weighted by molar-refractivity contribution is 0.166. The first-order valence-electron chi connectivity index (χ1n) is 7.60. The Hall–Kier alpha value is -2.09. The van der Waals surface area contributed by atoms with E-state index in [1.54, 1.807) is 36.4 Å². The summed E-state index contributed by atoms with van der Waals surface area (Å²) in [7, 11) is -3.58. The maximum absolute atomic E-state index is 12.2. The molecule has 0 fully saturated rings. The SMILES string of the molecule is Cc1cccc(S(=O)(=O)NCC[C@@H](O)c2ccc3c(c2)OCO3)c1. The highest BCUT2D eigenvalue weighted by atomic mass is 32.2. The Morgan fingerprint density at radius 1 is 1.17 bits per heavy atom. The minimum absolute atomic E-state index is 0.131. The molecule has 0 amide bonds. The maximum atomic E-state index is 12.2. The van der Waals surface area contributed by atoms with Gasteiger partial charge in [-0.05, 0) is 48.7 Å². The van der Waals surface area contributed by atoms with Gasteiger partial charge in [0.15, 0.2) is 11.5 Å². The minimum atomic E-state index is -3.58. The smallest absolute Gasteiger partial charge is 0.240 e. The first kappa shape index (κ1) is 16.8. The average Bonchev–Trinajstić information content (AvgIpc) is 3.02. The highest BCUT2D eigenvalue weighted by Crippen LogP contribution is 2.34. The average molecular weight is 349 g/mol. The normalized spacial score (nSPS) is 14.6. The second-order valence-corrected chi connectivity index (χ2v) is 7.40. The van der Waals surface area contributed by atoms with E-state index < -0.39 is 16.1 Å². The van der Waals surface area contributed by atoms with Crippen LogP contribution in [0.4, 0.5) is 0 Å². The second-order valence-electron chi connectivity index (χ2n) is 5.63. The second kappa shape index (κ2) is 6.80. The van der Waals surface area contributed by atoms with Gasteiger partial charge in [0.25, 0.3) is 0 Å². The van der Waals surface area contributed by atoms with E-state index in [0.717, 1.165) is 5.56 Å². The molecule has 0 saturated carbocycles. The van der Waals surface area contributed by atoms with Crippen LogP contribution in [0.3, 0.4) is 0 Å². The lowest BCUT2D eigenvalue weighted by Crippen LogP contribution is -2.26. The topological polar surface area (TPSA) is 84.9 Å². The van der Waals surface area contributed by atoms with Crippen LogP contribution < -0.4 is 14.2 Å². The Bertz CT molecular complexity index is 835. The van der Waals surface area contributed by atoms with E-state index >= 15 is 0 Å².